The van der Waals surface area contributed by atoms with E-state index in [1.165, 1.54) is 10.4 Å². The van der Waals surface area contributed by atoms with E-state index in [0.717, 1.165) is 22.5 Å². The van der Waals surface area contributed by atoms with Crippen molar-refractivity contribution in [1.82, 2.24) is 9.62 Å². The summed E-state index contributed by atoms with van der Waals surface area (Å²) in [7, 11) is -3.83. The minimum Gasteiger partial charge on any atom is -0.465 e. The predicted molar refractivity (Wildman–Crippen MR) is 101 cm³/mol. The molecule has 27 heavy (non-hydrogen) atoms. The summed E-state index contributed by atoms with van der Waals surface area (Å²) in [5, 5.41) is 4.18. The summed E-state index contributed by atoms with van der Waals surface area (Å²) in [6, 6.07) is 9.70. The monoisotopic (exact) mass is 408 g/mol. The van der Waals surface area contributed by atoms with Crippen molar-refractivity contribution in [1.29, 1.82) is 0 Å². The highest BCUT2D eigenvalue weighted by Gasteiger charge is 2.40. The number of nitrogens with zero attached hydrogens (tertiary/aromatic N) is 1. The van der Waals surface area contributed by atoms with E-state index in [1.54, 1.807) is 18.4 Å². The molecule has 144 valence electrons. The Kier molecular flexibility index (Phi) is 5.93. The zero-order valence-corrected chi connectivity index (χ0v) is 16.4. The van der Waals surface area contributed by atoms with Crippen LogP contribution in [-0.2, 0) is 37.3 Å². The van der Waals surface area contributed by atoms with Crippen LogP contribution in [0.3, 0.4) is 0 Å². The van der Waals surface area contributed by atoms with E-state index in [-0.39, 0.29) is 30.3 Å². The SMILES string of the molecule is CCOC(=O)CNC(=O)[C@@H]1Cc2ccccc2CN1S(=O)(=O)c1cccs1. The van der Waals surface area contributed by atoms with Gasteiger partial charge in [-0.2, -0.15) is 4.31 Å². The van der Waals surface area contributed by atoms with Crippen LogP contribution in [0.2, 0.25) is 0 Å². The van der Waals surface area contributed by atoms with Gasteiger partial charge in [-0.15, -0.1) is 11.3 Å². The van der Waals surface area contributed by atoms with Crippen molar-refractivity contribution in [2.45, 2.75) is 30.1 Å². The first-order valence-electron chi connectivity index (χ1n) is 8.49. The minimum absolute atomic E-state index is 0.105. The largest absolute Gasteiger partial charge is 0.465 e. The number of sulfonamides is 1. The molecule has 0 aliphatic carbocycles. The summed E-state index contributed by atoms with van der Waals surface area (Å²) in [6.45, 7) is 1.70. The molecule has 1 aliphatic heterocycles. The van der Waals surface area contributed by atoms with Crippen molar-refractivity contribution in [2.24, 2.45) is 0 Å². The van der Waals surface area contributed by atoms with Gasteiger partial charge >= 0.3 is 5.97 Å². The van der Waals surface area contributed by atoms with Gasteiger partial charge < -0.3 is 10.1 Å². The van der Waals surface area contributed by atoms with Crippen molar-refractivity contribution in [3.8, 4) is 0 Å². The molecule has 0 radical (unpaired) electrons. The van der Waals surface area contributed by atoms with Crippen LogP contribution in [0.25, 0.3) is 0 Å². The maximum absolute atomic E-state index is 13.1. The molecule has 0 saturated heterocycles. The summed E-state index contributed by atoms with van der Waals surface area (Å²) in [5.41, 5.74) is 1.79. The lowest BCUT2D eigenvalue weighted by Gasteiger charge is -2.34. The molecule has 2 aromatic rings. The third kappa shape index (κ3) is 4.20. The predicted octanol–water partition coefficient (Wildman–Crippen LogP) is 1.54. The Hall–Kier alpha value is -2.23. The fraction of sp³-hybridized carbons (Fsp3) is 0.333. The van der Waals surface area contributed by atoms with E-state index < -0.39 is 27.9 Å². The van der Waals surface area contributed by atoms with Crippen molar-refractivity contribution >= 4 is 33.2 Å². The molecule has 0 spiro atoms. The Morgan fingerprint density at radius 2 is 1.96 bits per heavy atom. The highest BCUT2D eigenvalue weighted by atomic mass is 32.2. The lowest BCUT2D eigenvalue weighted by Crippen LogP contribution is -2.53. The zero-order valence-electron chi connectivity index (χ0n) is 14.8. The van der Waals surface area contributed by atoms with Crippen molar-refractivity contribution in [2.75, 3.05) is 13.2 Å². The van der Waals surface area contributed by atoms with Crippen LogP contribution in [0.5, 0.6) is 0 Å². The second-order valence-corrected chi connectivity index (χ2v) is 9.06. The maximum Gasteiger partial charge on any atom is 0.325 e. The van der Waals surface area contributed by atoms with E-state index in [0.29, 0.717) is 0 Å². The maximum atomic E-state index is 13.1. The van der Waals surface area contributed by atoms with Crippen molar-refractivity contribution in [3.63, 3.8) is 0 Å². The van der Waals surface area contributed by atoms with Gasteiger partial charge in [0.05, 0.1) is 6.61 Å². The number of hydrogen-bond acceptors (Lipinski definition) is 6. The van der Waals surface area contributed by atoms with Gasteiger partial charge in [0.2, 0.25) is 5.91 Å². The molecule has 3 rings (SSSR count). The van der Waals surface area contributed by atoms with Crippen LogP contribution in [0.4, 0.5) is 0 Å². The first kappa shape index (κ1) is 19.5. The summed E-state index contributed by atoms with van der Waals surface area (Å²) in [4.78, 5) is 24.2. The van der Waals surface area contributed by atoms with Crippen molar-refractivity contribution in [3.05, 3.63) is 52.9 Å². The Balaban J connectivity index is 1.88. The van der Waals surface area contributed by atoms with E-state index in [4.69, 9.17) is 4.74 Å². The highest BCUT2D eigenvalue weighted by molar-refractivity contribution is 7.91. The van der Waals surface area contributed by atoms with Gasteiger partial charge in [-0.25, -0.2) is 8.42 Å². The molecule has 2 heterocycles. The van der Waals surface area contributed by atoms with Gasteiger partial charge in [-0.05, 0) is 35.9 Å². The Morgan fingerprint density at radius 1 is 1.22 bits per heavy atom. The van der Waals surface area contributed by atoms with E-state index in [2.05, 4.69) is 5.32 Å². The van der Waals surface area contributed by atoms with Crippen molar-refractivity contribution < 1.29 is 22.7 Å². The Bertz CT molecular complexity index is 925. The van der Waals surface area contributed by atoms with Gasteiger partial charge in [0.25, 0.3) is 10.0 Å². The van der Waals surface area contributed by atoms with Crippen LogP contribution >= 0.6 is 11.3 Å². The molecule has 7 nitrogen and oxygen atoms in total. The third-order valence-corrected chi connectivity index (χ3v) is 7.51. The zero-order chi connectivity index (χ0) is 19.4. The minimum atomic E-state index is -3.83. The molecule has 1 atom stereocenters. The number of fused-ring (bicyclic) bond motifs is 1. The average molecular weight is 409 g/mol. The van der Waals surface area contributed by atoms with Crippen LogP contribution in [0.1, 0.15) is 18.1 Å². The summed E-state index contributed by atoms with van der Waals surface area (Å²) >= 11 is 1.11. The molecular weight excluding hydrogens is 388 g/mol. The molecule has 0 unspecified atom stereocenters. The number of rotatable bonds is 6. The molecule has 1 N–H and O–H groups in total. The summed E-state index contributed by atoms with van der Waals surface area (Å²) in [5.74, 6) is -1.08. The van der Waals surface area contributed by atoms with E-state index in [1.807, 2.05) is 24.3 Å². The second kappa shape index (κ2) is 8.20. The number of carbonyl (C=O) groups excluding carboxylic acids is 2. The number of nitrogens with one attached hydrogen (secondary N) is 1. The van der Waals surface area contributed by atoms with Crippen LogP contribution in [0.15, 0.2) is 46.0 Å². The quantitative estimate of drug-likeness (QED) is 0.732. The topological polar surface area (TPSA) is 92.8 Å². The van der Waals surface area contributed by atoms with Gasteiger partial charge in [-0.3, -0.25) is 9.59 Å². The molecule has 1 aliphatic rings. The number of thiophene rings is 1. The molecular formula is C18H20N2O5S2. The molecule has 1 aromatic carbocycles. The van der Waals surface area contributed by atoms with E-state index >= 15 is 0 Å². The normalized spacial score (nSPS) is 17.1. The van der Waals surface area contributed by atoms with E-state index in [9.17, 15) is 18.0 Å². The highest BCUT2D eigenvalue weighted by Crippen LogP contribution is 2.30. The molecule has 0 saturated carbocycles. The number of hydrogen-bond donors (Lipinski definition) is 1. The number of esters is 1. The molecule has 9 heteroatoms. The van der Waals surface area contributed by atoms with Crippen LogP contribution in [-0.4, -0.2) is 43.8 Å². The lowest BCUT2D eigenvalue weighted by molar-refractivity contribution is -0.143. The van der Waals surface area contributed by atoms with Gasteiger partial charge in [0.15, 0.2) is 0 Å². The molecule has 1 aromatic heterocycles. The van der Waals surface area contributed by atoms with Gasteiger partial charge in [0, 0.05) is 6.54 Å². The first-order chi connectivity index (χ1) is 12.9. The Morgan fingerprint density at radius 3 is 2.63 bits per heavy atom. The molecule has 1 amide bonds. The van der Waals surface area contributed by atoms with Crippen LogP contribution < -0.4 is 5.32 Å². The average Bonchev–Trinajstić information content (AvgIpc) is 3.21. The molecule has 0 bridgehead atoms. The standard InChI is InChI=1S/C18H20N2O5S2/c1-2-25-16(21)11-19-18(22)15-10-13-6-3-4-7-14(13)12-20(15)27(23,24)17-8-5-9-26-17/h3-9,15H,2,10-12H2,1H3,(H,19,22)/t15-/m0/s1. The Labute approximate surface area is 162 Å². The lowest BCUT2D eigenvalue weighted by atomic mass is 9.95. The number of ether oxygens (including phenoxy) is 1. The molecule has 0 fully saturated rings. The smallest absolute Gasteiger partial charge is 0.325 e. The first-order valence-corrected chi connectivity index (χ1v) is 10.8. The summed E-state index contributed by atoms with van der Waals surface area (Å²) in [6.07, 6.45) is 0.245. The fourth-order valence-electron chi connectivity index (χ4n) is 2.99. The van der Waals surface area contributed by atoms with Crippen LogP contribution in [0, 0.1) is 0 Å². The second-order valence-electron chi connectivity index (χ2n) is 5.99. The van der Waals surface area contributed by atoms with Gasteiger partial charge in [-0.1, -0.05) is 30.3 Å². The van der Waals surface area contributed by atoms with Gasteiger partial charge in [0.1, 0.15) is 16.8 Å². The fourth-order valence-corrected chi connectivity index (χ4v) is 5.67. The number of benzene rings is 1. The third-order valence-electron chi connectivity index (χ3n) is 4.28. The summed E-state index contributed by atoms with van der Waals surface area (Å²) < 4.78 is 32.4. The number of carbonyl (C=O) groups is 2. The number of amides is 1.